The van der Waals surface area contributed by atoms with E-state index in [2.05, 4.69) is 34.3 Å². The minimum absolute atomic E-state index is 0.504. The lowest BCUT2D eigenvalue weighted by Gasteiger charge is -2.21. The van der Waals surface area contributed by atoms with Crippen LogP contribution in [0.3, 0.4) is 0 Å². The molecule has 2 nitrogen and oxygen atoms in total. The van der Waals surface area contributed by atoms with Crippen molar-refractivity contribution in [3.8, 4) is 0 Å². The smallest absolute Gasteiger partial charge is 0.0924 e. The third kappa shape index (κ3) is 1.07. The van der Waals surface area contributed by atoms with Gasteiger partial charge >= 0.3 is 0 Å². The number of hydrogen-bond donors (Lipinski definition) is 1. The molecule has 1 atom stereocenters. The van der Waals surface area contributed by atoms with Gasteiger partial charge in [0.1, 0.15) is 0 Å². The average Bonchev–Trinajstić information content (AvgIpc) is 2.88. The van der Waals surface area contributed by atoms with E-state index in [1.807, 2.05) is 6.20 Å². The van der Waals surface area contributed by atoms with E-state index in [1.165, 1.54) is 17.6 Å². The van der Waals surface area contributed by atoms with E-state index in [0.717, 1.165) is 12.1 Å². The highest BCUT2D eigenvalue weighted by Crippen LogP contribution is 2.38. The predicted molar refractivity (Wildman–Crippen MR) is 56.5 cm³/mol. The summed E-state index contributed by atoms with van der Waals surface area (Å²) >= 11 is 0. The average molecular weight is 184 g/mol. The topological polar surface area (TPSA) is 28.7 Å². The van der Waals surface area contributed by atoms with E-state index in [1.54, 1.807) is 6.33 Å². The van der Waals surface area contributed by atoms with Crippen LogP contribution in [0.25, 0.3) is 5.57 Å². The van der Waals surface area contributed by atoms with Gasteiger partial charge in [0.25, 0.3) is 0 Å². The molecule has 1 aromatic rings. The molecule has 1 aromatic heterocycles. The first kappa shape index (κ1) is 7.80. The number of imidazole rings is 1. The van der Waals surface area contributed by atoms with Gasteiger partial charge in [0, 0.05) is 5.92 Å². The van der Waals surface area contributed by atoms with E-state index in [4.69, 9.17) is 0 Å². The van der Waals surface area contributed by atoms with Crippen LogP contribution in [0.1, 0.15) is 18.5 Å². The van der Waals surface area contributed by atoms with E-state index in [-0.39, 0.29) is 0 Å². The first-order valence-corrected chi connectivity index (χ1v) is 5.01. The summed E-state index contributed by atoms with van der Waals surface area (Å²) in [4.78, 5) is 7.25. The van der Waals surface area contributed by atoms with E-state index >= 15 is 0 Å². The van der Waals surface area contributed by atoms with Gasteiger partial charge in [-0.3, -0.25) is 0 Å². The maximum atomic E-state index is 4.07. The third-order valence-electron chi connectivity index (χ3n) is 2.95. The summed E-state index contributed by atoms with van der Waals surface area (Å²) in [6, 6.07) is 0. The SMILES string of the molecule is C1=CC2C(=C1)CCC=C2c1cnc[nH]1. The Hall–Kier alpha value is -1.57. The second-order valence-electron chi connectivity index (χ2n) is 3.77. The fourth-order valence-electron chi connectivity index (χ4n) is 2.27. The molecular weight excluding hydrogens is 172 g/mol. The van der Waals surface area contributed by atoms with Gasteiger partial charge in [0.15, 0.2) is 0 Å². The Morgan fingerprint density at radius 3 is 3.29 bits per heavy atom. The summed E-state index contributed by atoms with van der Waals surface area (Å²) < 4.78 is 0. The molecule has 1 N–H and O–H groups in total. The summed E-state index contributed by atoms with van der Waals surface area (Å²) in [7, 11) is 0. The van der Waals surface area contributed by atoms with Crippen molar-refractivity contribution < 1.29 is 0 Å². The highest BCUT2D eigenvalue weighted by atomic mass is 14.9. The van der Waals surface area contributed by atoms with Gasteiger partial charge in [0.05, 0.1) is 18.2 Å². The summed E-state index contributed by atoms with van der Waals surface area (Å²) in [5.74, 6) is 0.504. The Balaban J connectivity index is 2.03. The summed E-state index contributed by atoms with van der Waals surface area (Å²) in [5.41, 5.74) is 4.08. The van der Waals surface area contributed by atoms with E-state index < -0.39 is 0 Å². The largest absolute Gasteiger partial charge is 0.345 e. The minimum Gasteiger partial charge on any atom is -0.345 e. The first-order valence-electron chi connectivity index (χ1n) is 5.01. The molecule has 0 aliphatic heterocycles. The lowest BCUT2D eigenvalue weighted by atomic mass is 9.84. The molecular formula is C12H12N2. The molecule has 2 aliphatic carbocycles. The van der Waals surface area contributed by atoms with Crippen LogP contribution in [-0.4, -0.2) is 9.97 Å². The lowest BCUT2D eigenvalue weighted by Crippen LogP contribution is -2.06. The zero-order chi connectivity index (χ0) is 9.38. The maximum absolute atomic E-state index is 4.07. The molecule has 2 aliphatic rings. The number of rotatable bonds is 1. The number of aromatic nitrogens is 2. The molecule has 1 unspecified atom stereocenters. The number of fused-ring (bicyclic) bond motifs is 1. The molecule has 0 saturated carbocycles. The van der Waals surface area contributed by atoms with Gasteiger partial charge in [-0.1, -0.05) is 29.9 Å². The predicted octanol–water partition coefficient (Wildman–Crippen LogP) is 2.70. The van der Waals surface area contributed by atoms with Gasteiger partial charge in [-0.25, -0.2) is 4.98 Å². The second kappa shape index (κ2) is 2.98. The molecule has 2 heteroatoms. The maximum Gasteiger partial charge on any atom is 0.0924 e. The highest BCUT2D eigenvalue weighted by Gasteiger charge is 2.23. The molecule has 70 valence electrons. The van der Waals surface area contributed by atoms with E-state index in [9.17, 15) is 0 Å². The van der Waals surface area contributed by atoms with Crippen LogP contribution in [0.2, 0.25) is 0 Å². The molecule has 3 rings (SSSR count). The molecule has 1 heterocycles. The fraction of sp³-hybridized carbons (Fsp3) is 0.250. The zero-order valence-electron chi connectivity index (χ0n) is 7.90. The van der Waals surface area contributed by atoms with Crippen molar-refractivity contribution in [2.45, 2.75) is 12.8 Å². The quantitative estimate of drug-likeness (QED) is 0.714. The minimum atomic E-state index is 0.504. The first-order chi connectivity index (χ1) is 6.95. The van der Waals surface area contributed by atoms with E-state index in [0.29, 0.717) is 5.92 Å². The molecule has 0 amide bonds. The zero-order valence-corrected chi connectivity index (χ0v) is 7.90. The second-order valence-corrected chi connectivity index (χ2v) is 3.77. The number of hydrogen-bond acceptors (Lipinski definition) is 1. The number of H-pyrrole nitrogens is 1. The van der Waals surface area contributed by atoms with Crippen LogP contribution in [0.15, 0.2) is 42.4 Å². The van der Waals surface area contributed by atoms with Crippen LogP contribution in [0.5, 0.6) is 0 Å². The molecule has 0 spiro atoms. The monoisotopic (exact) mass is 184 g/mol. The summed E-state index contributed by atoms with van der Waals surface area (Å²) in [5, 5.41) is 0. The normalized spacial score (nSPS) is 24.4. The highest BCUT2D eigenvalue weighted by molar-refractivity contribution is 5.71. The fourth-order valence-corrected chi connectivity index (χ4v) is 2.27. The van der Waals surface area contributed by atoms with Crippen molar-refractivity contribution in [1.82, 2.24) is 9.97 Å². The molecule has 0 saturated heterocycles. The van der Waals surface area contributed by atoms with Crippen LogP contribution in [0.4, 0.5) is 0 Å². The van der Waals surface area contributed by atoms with Crippen molar-refractivity contribution in [1.29, 1.82) is 0 Å². The Kier molecular flexibility index (Phi) is 1.66. The van der Waals surface area contributed by atoms with Crippen LogP contribution in [-0.2, 0) is 0 Å². The standard InChI is InChI=1S/C12H12N2/c1-3-9-4-2-6-11(10(9)5-1)12-7-13-8-14-12/h1,3,5-8,10H,2,4H2,(H,13,14). The Morgan fingerprint density at radius 2 is 2.43 bits per heavy atom. The number of nitrogens with zero attached hydrogens (tertiary/aromatic N) is 1. The number of allylic oxidation sites excluding steroid dienone is 6. The molecule has 0 aromatic carbocycles. The van der Waals surface area contributed by atoms with Crippen molar-refractivity contribution in [2.75, 3.05) is 0 Å². The van der Waals surface area contributed by atoms with Crippen molar-refractivity contribution in [2.24, 2.45) is 5.92 Å². The number of nitrogens with one attached hydrogen (secondary N) is 1. The van der Waals surface area contributed by atoms with Gasteiger partial charge in [0.2, 0.25) is 0 Å². The number of aromatic amines is 1. The van der Waals surface area contributed by atoms with Gasteiger partial charge in [-0.2, -0.15) is 0 Å². The molecule has 0 radical (unpaired) electrons. The van der Waals surface area contributed by atoms with Crippen molar-refractivity contribution in [3.63, 3.8) is 0 Å². The van der Waals surface area contributed by atoms with Crippen LogP contribution in [0, 0.1) is 5.92 Å². The molecule has 0 bridgehead atoms. The Morgan fingerprint density at radius 1 is 1.43 bits per heavy atom. The molecule has 0 fully saturated rings. The van der Waals surface area contributed by atoms with Crippen LogP contribution < -0.4 is 0 Å². The summed E-state index contributed by atoms with van der Waals surface area (Å²) in [6.45, 7) is 0. The molecule has 14 heavy (non-hydrogen) atoms. The van der Waals surface area contributed by atoms with Crippen molar-refractivity contribution >= 4 is 5.57 Å². The Bertz CT molecular complexity index is 421. The van der Waals surface area contributed by atoms with Gasteiger partial charge in [-0.05, 0) is 18.4 Å². The van der Waals surface area contributed by atoms with Gasteiger partial charge < -0.3 is 4.98 Å². The van der Waals surface area contributed by atoms with Crippen molar-refractivity contribution in [3.05, 3.63) is 48.1 Å². The van der Waals surface area contributed by atoms with Gasteiger partial charge in [-0.15, -0.1) is 0 Å². The van der Waals surface area contributed by atoms with Crippen LogP contribution >= 0.6 is 0 Å². The third-order valence-corrected chi connectivity index (χ3v) is 2.95. The lowest BCUT2D eigenvalue weighted by molar-refractivity contribution is 0.829. The summed E-state index contributed by atoms with van der Waals surface area (Å²) in [6.07, 6.45) is 15.0. The Labute approximate surface area is 83.1 Å².